The number of benzene rings is 11. The van der Waals surface area contributed by atoms with E-state index in [4.69, 9.17) is 0 Å². The predicted molar refractivity (Wildman–Crippen MR) is 291 cm³/mol. The topological polar surface area (TPSA) is 13.1 Å². The second kappa shape index (κ2) is 16.3. The molecule has 0 atom stereocenters. The molecule has 0 aliphatic heterocycles. The van der Waals surface area contributed by atoms with Crippen LogP contribution in [-0.2, 0) is 0 Å². The Labute approximate surface area is 396 Å². The summed E-state index contributed by atoms with van der Waals surface area (Å²) in [6, 6.07) is 101. The molecule has 2 heterocycles. The van der Waals surface area contributed by atoms with Crippen molar-refractivity contribution in [3.05, 3.63) is 273 Å². The fraction of sp³-hybridized carbons (Fsp3) is 0. The molecule has 3 nitrogen and oxygen atoms in total. The molecule has 320 valence electrons. The van der Waals surface area contributed by atoms with E-state index in [1.807, 2.05) is 0 Å². The van der Waals surface area contributed by atoms with Crippen molar-refractivity contribution in [2.75, 3.05) is 4.90 Å². The molecule has 0 spiro atoms. The van der Waals surface area contributed by atoms with Crippen LogP contribution in [0.2, 0.25) is 0 Å². The second-order valence-electron chi connectivity index (χ2n) is 17.7. The highest BCUT2D eigenvalue weighted by atomic mass is 28.3. The lowest BCUT2D eigenvalue weighted by Gasteiger charge is -2.34. The quantitative estimate of drug-likeness (QED) is 0.104. The SMILES string of the molecule is c1ccc(-n2c3ccccc3c3cc(N(c4ccc5ccccc5c4)c4ccc5c(c4)c4cc([Si](c6ccccc6)(c6ccccc6)c6ccccc6)ccc4n5-c4ccccc4)ccc32)cc1. The predicted octanol–water partition coefficient (Wildman–Crippen LogP) is 13.9. The lowest BCUT2D eigenvalue weighted by atomic mass is 10.1. The first kappa shape index (κ1) is 39.6. The molecule has 0 saturated carbocycles. The number of aromatic nitrogens is 2. The van der Waals surface area contributed by atoms with E-state index in [1.54, 1.807) is 0 Å². The molecule has 0 amide bonds. The largest absolute Gasteiger partial charge is 0.310 e. The van der Waals surface area contributed by atoms with Gasteiger partial charge in [-0.1, -0.05) is 188 Å². The van der Waals surface area contributed by atoms with Crippen LogP contribution >= 0.6 is 0 Å². The van der Waals surface area contributed by atoms with Gasteiger partial charge >= 0.3 is 0 Å². The zero-order valence-electron chi connectivity index (χ0n) is 37.3. The summed E-state index contributed by atoms with van der Waals surface area (Å²) in [5.74, 6) is 0. The summed E-state index contributed by atoms with van der Waals surface area (Å²) in [5.41, 5.74) is 10.3. The number of fused-ring (bicyclic) bond motifs is 7. The minimum Gasteiger partial charge on any atom is -0.310 e. The van der Waals surface area contributed by atoms with Gasteiger partial charge in [-0.15, -0.1) is 0 Å². The Balaban J connectivity index is 1.09. The monoisotopic (exact) mass is 883 g/mol. The Morgan fingerprint density at radius 1 is 0.250 bits per heavy atom. The maximum Gasteiger partial charge on any atom is 0.179 e. The van der Waals surface area contributed by atoms with E-state index >= 15 is 0 Å². The summed E-state index contributed by atoms with van der Waals surface area (Å²) in [7, 11) is -2.83. The van der Waals surface area contributed by atoms with Crippen molar-refractivity contribution < 1.29 is 0 Å². The zero-order valence-corrected chi connectivity index (χ0v) is 38.3. The molecule has 13 aromatic rings. The molecule has 0 bridgehead atoms. The van der Waals surface area contributed by atoms with Crippen molar-refractivity contribution in [1.29, 1.82) is 0 Å². The van der Waals surface area contributed by atoms with E-state index in [1.165, 1.54) is 75.1 Å². The van der Waals surface area contributed by atoms with Crippen LogP contribution in [0.5, 0.6) is 0 Å². The van der Waals surface area contributed by atoms with E-state index in [2.05, 4.69) is 287 Å². The summed E-state index contributed by atoms with van der Waals surface area (Å²) in [5, 5.41) is 12.7. The highest BCUT2D eigenvalue weighted by Gasteiger charge is 2.41. The van der Waals surface area contributed by atoms with Crippen molar-refractivity contribution in [2.24, 2.45) is 0 Å². The molecule has 0 fully saturated rings. The first-order valence-corrected chi connectivity index (χ1v) is 25.4. The normalized spacial score (nSPS) is 11.8. The maximum absolute atomic E-state index is 2.83. The van der Waals surface area contributed by atoms with Crippen molar-refractivity contribution in [3.8, 4) is 11.4 Å². The molecular weight excluding hydrogens is 839 g/mol. The minimum atomic E-state index is -2.83. The summed E-state index contributed by atoms with van der Waals surface area (Å²) in [6.45, 7) is 0. The van der Waals surface area contributed by atoms with Crippen LogP contribution in [0.15, 0.2) is 273 Å². The molecule has 68 heavy (non-hydrogen) atoms. The average Bonchev–Trinajstić information content (AvgIpc) is 3.92. The number of anilines is 3. The highest BCUT2D eigenvalue weighted by molar-refractivity contribution is 7.20. The zero-order chi connectivity index (χ0) is 45.0. The lowest BCUT2D eigenvalue weighted by molar-refractivity contribution is 1.18. The molecule has 0 N–H and O–H groups in total. The van der Waals surface area contributed by atoms with Crippen LogP contribution in [0, 0.1) is 0 Å². The maximum atomic E-state index is 2.53. The Morgan fingerprint density at radius 3 is 1.18 bits per heavy atom. The molecule has 11 aromatic carbocycles. The highest BCUT2D eigenvalue weighted by Crippen LogP contribution is 2.43. The van der Waals surface area contributed by atoms with Gasteiger partial charge in [-0.3, -0.25) is 0 Å². The standard InChI is InChI=1S/C64H45N3Si/c1-6-22-48(23-7-1)66-61-33-19-18-32-57(61)58-43-51(36-39-62(58)66)65(50-35-34-46-20-16-17-21-47(46)42-50)52-37-40-63-59(44-52)60-45-56(38-41-64(60)67(63)49-24-8-2-9-25-49)68(53-26-10-3-11-27-53,54-28-12-4-13-29-54)55-30-14-5-15-31-55/h1-45H. The molecular formula is C64H45N3Si. The summed E-state index contributed by atoms with van der Waals surface area (Å²) in [6.07, 6.45) is 0. The first-order valence-electron chi connectivity index (χ1n) is 23.4. The number of hydrogen-bond acceptors (Lipinski definition) is 1. The molecule has 0 saturated heterocycles. The molecule has 2 aromatic heterocycles. The van der Waals surface area contributed by atoms with Gasteiger partial charge in [0.25, 0.3) is 0 Å². The van der Waals surface area contributed by atoms with Gasteiger partial charge in [-0.25, -0.2) is 0 Å². The van der Waals surface area contributed by atoms with Crippen LogP contribution in [0.4, 0.5) is 17.1 Å². The Hall–Kier alpha value is -8.70. The summed E-state index contributed by atoms with van der Waals surface area (Å²) < 4.78 is 4.83. The molecule has 13 rings (SSSR count). The van der Waals surface area contributed by atoms with E-state index in [0.717, 1.165) is 28.4 Å². The van der Waals surface area contributed by atoms with Crippen molar-refractivity contribution >= 4 is 100 Å². The Kier molecular flexibility index (Phi) is 9.51. The van der Waals surface area contributed by atoms with Crippen LogP contribution < -0.4 is 25.6 Å². The van der Waals surface area contributed by atoms with Gasteiger partial charge in [0.15, 0.2) is 8.07 Å². The number of rotatable bonds is 9. The molecule has 0 aliphatic carbocycles. The van der Waals surface area contributed by atoms with Gasteiger partial charge in [0.2, 0.25) is 0 Å². The number of para-hydroxylation sites is 3. The Bertz CT molecular complexity index is 3860. The summed E-state index contributed by atoms with van der Waals surface area (Å²) in [4.78, 5) is 2.45. The van der Waals surface area contributed by atoms with Crippen LogP contribution in [0.25, 0.3) is 65.8 Å². The smallest absolute Gasteiger partial charge is 0.179 e. The third kappa shape index (κ3) is 6.34. The Morgan fingerprint density at radius 2 is 0.632 bits per heavy atom. The molecule has 0 unspecified atom stereocenters. The van der Waals surface area contributed by atoms with Gasteiger partial charge in [-0.05, 0) is 116 Å². The fourth-order valence-electron chi connectivity index (χ4n) is 11.0. The van der Waals surface area contributed by atoms with Gasteiger partial charge in [0, 0.05) is 50.0 Å². The fourth-order valence-corrected chi connectivity index (χ4v) is 15.8. The van der Waals surface area contributed by atoms with Crippen LogP contribution in [0.1, 0.15) is 0 Å². The van der Waals surface area contributed by atoms with Crippen molar-refractivity contribution in [1.82, 2.24) is 9.13 Å². The summed E-state index contributed by atoms with van der Waals surface area (Å²) >= 11 is 0. The molecule has 0 radical (unpaired) electrons. The van der Waals surface area contributed by atoms with Crippen molar-refractivity contribution in [2.45, 2.75) is 0 Å². The van der Waals surface area contributed by atoms with Gasteiger partial charge < -0.3 is 14.0 Å². The first-order chi connectivity index (χ1) is 33.7. The van der Waals surface area contributed by atoms with Gasteiger partial charge in [0.05, 0.1) is 22.1 Å². The second-order valence-corrected chi connectivity index (χ2v) is 21.5. The van der Waals surface area contributed by atoms with Crippen molar-refractivity contribution in [3.63, 3.8) is 0 Å². The van der Waals surface area contributed by atoms with E-state index in [-0.39, 0.29) is 0 Å². The molecule has 4 heteroatoms. The number of nitrogens with zero attached hydrogens (tertiary/aromatic N) is 3. The van der Waals surface area contributed by atoms with Crippen LogP contribution in [-0.4, -0.2) is 17.2 Å². The number of hydrogen-bond donors (Lipinski definition) is 0. The van der Waals surface area contributed by atoms with Crippen LogP contribution in [0.3, 0.4) is 0 Å². The average molecular weight is 884 g/mol. The van der Waals surface area contributed by atoms with Gasteiger partial charge in [-0.2, -0.15) is 0 Å². The third-order valence-corrected chi connectivity index (χ3v) is 18.8. The van der Waals surface area contributed by atoms with E-state index in [9.17, 15) is 0 Å². The molecule has 0 aliphatic rings. The van der Waals surface area contributed by atoms with E-state index < -0.39 is 8.07 Å². The third-order valence-electron chi connectivity index (χ3n) is 14.0. The lowest BCUT2D eigenvalue weighted by Crippen LogP contribution is -2.74. The minimum absolute atomic E-state index is 1.09. The van der Waals surface area contributed by atoms with Gasteiger partial charge in [0.1, 0.15) is 0 Å². The van der Waals surface area contributed by atoms with E-state index in [0.29, 0.717) is 0 Å².